The highest BCUT2D eigenvalue weighted by molar-refractivity contribution is 8.22. The molecule has 0 fully saturated rings. The third-order valence-electron chi connectivity index (χ3n) is 1.39. The Labute approximate surface area is 71.6 Å². The zero-order chi connectivity index (χ0) is 8.15. The van der Waals surface area contributed by atoms with Gasteiger partial charge in [0.05, 0.1) is 10.1 Å². The van der Waals surface area contributed by atoms with Crippen molar-refractivity contribution < 1.29 is 4.79 Å². The number of ketones is 1. The molecule has 0 N–H and O–H groups in total. The second-order valence-corrected chi connectivity index (χ2v) is 3.61. The van der Waals surface area contributed by atoms with Gasteiger partial charge >= 0.3 is 0 Å². The number of carbonyl (C=O) groups excluding carboxylic acids is 1. The number of hydrogen-bond acceptors (Lipinski definition) is 3. The smallest absolute Gasteiger partial charge is 0.141 e. The molecule has 0 rings (SSSR count). The second kappa shape index (κ2) is 4.85. The molecule has 0 aromatic carbocycles. The molecule has 1 unspecified atom stereocenters. The van der Waals surface area contributed by atoms with E-state index in [0.29, 0.717) is 6.42 Å². The van der Waals surface area contributed by atoms with E-state index in [1.165, 1.54) is 11.8 Å². The van der Waals surface area contributed by atoms with Gasteiger partial charge < -0.3 is 0 Å². The maximum absolute atomic E-state index is 11.0. The quantitative estimate of drug-likeness (QED) is 0.614. The normalized spacial score (nSPS) is 12.7. The molecule has 0 aliphatic rings. The van der Waals surface area contributed by atoms with Gasteiger partial charge in [0.15, 0.2) is 0 Å². The summed E-state index contributed by atoms with van der Waals surface area (Å²) in [6, 6.07) is 0. The molecule has 1 nitrogen and oxygen atoms in total. The van der Waals surface area contributed by atoms with Gasteiger partial charge in [0, 0.05) is 6.42 Å². The van der Waals surface area contributed by atoms with Crippen molar-refractivity contribution in [3.8, 4) is 0 Å². The molecule has 1 atom stereocenters. The minimum atomic E-state index is -0.0463. The summed E-state index contributed by atoms with van der Waals surface area (Å²) in [7, 11) is 0. The van der Waals surface area contributed by atoms with Crippen LogP contribution in [0.1, 0.15) is 20.3 Å². The first kappa shape index (κ1) is 10.1. The van der Waals surface area contributed by atoms with Crippen LogP contribution in [0.15, 0.2) is 0 Å². The minimum absolute atomic E-state index is 0.0463. The van der Waals surface area contributed by atoms with Crippen LogP contribution in [0.2, 0.25) is 0 Å². The molecule has 0 aliphatic carbocycles. The molecule has 58 valence electrons. The Morgan fingerprint density at radius 3 is 2.50 bits per heavy atom. The predicted octanol–water partition coefficient (Wildman–Crippen LogP) is 2.29. The minimum Gasteiger partial charge on any atom is -0.299 e. The van der Waals surface area contributed by atoms with Gasteiger partial charge in [-0.05, 0) is 6.26 Å². The first-order valence-corrected chi connectivity index (χ1v) is 4.87. The topological polar surface area (TPSA) is 17.1 Å². The first-order chi connectivity index (χ1) is 4.63. The SMILES string of the molecule is CCC(=O)C(C)C(=S)SC. The van der Waals surface area contributed by atoms with E-state index in [0.717, 1.165) is 4.20 Å². The van der Waals surface area contributed by atoms with E-state index >= 15 is 0 Å². The molecule has 10 heavy (non-hydrogen) atoms. The van der Waals surface area contributed by atoms with Gasteiger partial charge in [-0.15, -0.1) is 11.8 Å². The van der Waals surface area contributed by atoms with E-state index in [1.807, 2.05) is 20.1 Å². The van der Waals surface area contributed by atoms with Crippen molar-refractivity contribution in [3.63, 3.8) is 0 Å². The Hall–Kier alpha value is 0.110. The van der Waals surface area contributed by atoms with E-state index < -0.39 is 0 Å². The summed E-state index contributed by atoms with van der Waals surface area (Å²) in [6.45, 7) is 3.73. The third-order valence-corrected chi connectivity index (χ3v) is 3.00. The Bertz CT molecular complexity index is 127. The molecule has 0 amide bonds. The second-order valence-electron chi connectivity index (χ2n) is 2.06. The Kier molecular flexibility index (Phi) is 4.91. The van der Waals surface area contributed by atoms with E-state index in [4.69, 9.17) is 12.2 Å². The van der Waals surface area contributed by atoms with Crippen LogP contribution in [-0.4, -0.2) is 16.2 Å². The van der Waals surface area contributed by atoms with Crippen LogP contribution in [0.4, 0.5) is 0 Å². The van der Waals surface area contributed by atoms with Gasteiger partial charge in [0.25, 0.3) is 0 Å². The van der Waals surface area contributed by atoms with Crippen molar-refractivity contribution in [2.45, 2.75) is 20.3 Å². The fourth-order valence-corrected chi connectivity index (χ4v) is 1.23. The third kappa shape index (κ3) is 2.80. The summed E-state index contributed by atoms with van der Waals surface area (Å²) in [5.41, 5.74) is 0. The zero-order valence-electron chi connectivity index (χ0n) is 6.51. The summed E-state index contributed by atoms with van der Waals surface area (Å²) in [5.74, 6) is 0.189. The summed E-state index contributed by atoms with van der Waals surface area (Å²) in [4.78, 5) is 11.0. The van der Waals surface area contributed by atoms with Gasteiger partial charge in [-0.1, -0.05) is 26.1 Å². The lowest BCUT2D eigenvalue weighted by Gasteiger charge is -2.06. The zero-order valence-corrected chi connectivity index (χ0v) is 8.14. The van der Waals surface area contributed by atoms with Crippen LogP contribution in [0.3, 0.4) is 0 Å². The Morgan fingerprint density at radius 2 is 2.20 bits per heavy atom. The van der Waals surface area contributed by atoms with E-state index in [9.17, 15) is 4.79 Å². The van der Waals surface area contributed by atoms with Crippen molar-refractivity contribution in [1.82, 2.24) is 0 Å². The number of hydrogen-bond donors (Lipinski definition) is 0. The average Bonchev–Trinajstić information content (AvgIpc) is 2.00. The fraction of sp³-hybridized carbons (Fsp3) is 0.714. The molecule has 0 aliphatic heterocycles. The lowest BCUT2D eigenvalue weighted by Crippen LogP contribution is -2.15. The van der Waals surface area contributed by atoms with Gasteiger partial charge in [0.2, 0.25) is 0 Å². The van der Waals surface area contributed by atoms with Crippen LogP contribution in [-0.2, 0) is 4.79 Å². The Morgan fingerprint density at radius 1 is 1.70 bits per heavy atom. The van der Waals surface area contributed by atoms with Gasteiger partial charge in [-0.2, -0.15) is 0 Å². The van der Waals surface area contributed by atoms with Crippen molar-refractivity contribution >= 4 is 34.0 Å². The molecule has 0 saturated carbocycles. The van der Waals surface area contributed by atoms with Gasteiger partial charge in [0.1, 0.15) is 5.78 Å². The number of carbonyl (C=O) groups is 1. The summed E-state index contributed by atoms with van der Waals surface area (Å²) in [5, 5.41) is 0. The standard InChI is InChI=1S/C7H12OS2/c1-4-6(8)5(2)7(9)10-3/h5H,4H2,1-3H3. The van der Waals surface area contributed by atoms with Crippen LogP contribution in [0.25, 0.3) is 0 Å². The van der Waals surface area contributed by atoms with Crippen LogP contribution >= 0.6 is 24.0 Å². The summed E-state index contributed by atoms with van der Waals surface area (Å²) >= 11 is 6.45. The maximum atomic E-state index is 11.0. The lowest BCUT2D eigenvalue weighted by molar-refractivity contribution is -0.120. The number of rotatable bonds is 3. The number of thioether (sulfide) groups is 1. The largest absolute Gasteiger partial charge is 0.299 e. The van der Waals surface area contributed by atoms with E-state index in [2.05, 4.69) is 0 Å². The molecule has 0 aromatic heterocycles. The highest BCUT2D eigenvalue weighted by atomic mass is 32.2. The summed E-state index contributed by atoms with van der Waals surface area (Å²) in [6.07, 6.45) is 2.49. The first-order valence-electron chi connectivity index (χ1n) is 3.24. The van der Waals surface area contributed by atoms with E-state index in [1.54, 1.807) is 0 Å². The molecular formula is C7H12OS2. The van der Waals surface area contributed by atoms with Crippen LogP contribution < -0.4 is 0 Å². The van der Waals surface area contributed by atoms with Crippen molar-refractivity contribution in [2.75, 3.05) is 6.26 Å². The van der Waals surface area contributed by atoms with E-state index in [-0.39, 0.29) is 11.7 Å². The average molecular weight is 176 g/mol. The highest BCUT2D eigenvalue weighted by Gasteiger charge is 2.14. The molecule has 0 radical (unpaired) electrons. The fourth-order valence-electron chi connectivity index (χ4n) is 0.614. The van der Waals surface area contributed by atoms with Crippen molar-refractivity contribution in [2.24, 2.45) is 5.92 Å². The predicted molar refractivity (Wildman–Crippen MR) is 50.6 cm³/mol. The van der Waals surface area contributed by atoms with Crippen LogP contribution in [0, 0.1) is 5.92 Å². The van der Waals surface area contributed by atoms with Crippen LogP contribution in [0.5, 0.6) is 0 Å². The lowest BCUT2D eigenvalue weighted by atomic mass is 10.1. The highest BCUT2D eigenvalue weighted by Crippen LogP contribution is 2.12. The van der Waals surface area contributed by atoms with Crippen molar-refractivity contribution in [1.29, 1.82) is 0 Å². The van der Waals surface area contributed by atoms with Gasteiger partial charge in [-0.3, -0.25) is 4.79 Å². The molecule has 3 heteroatoms. The van der Waals surface area contributed by atoms with Gasteiger partial charge in [-0.25, -0.2) is 0 Å². The monoisotopic (exact) mass is 176 g/mol. The molecule has 0 spiro atoms. The maximum Gasteiger partial charge on any atom is 0.141 e. The molecule has 0 bridgehead atoms. The number of thiocarbonyl (C=S) groups is 1. The molecular weight excluding hydrogens is 164 g/mol. The van der Waals surface area contributed by atoms with Crippen molar-refractivity contribution in [3.05, 3.63) is 0 Å². The molecule has 0 heterocycles. The summed E-state index contributed by atoms with van der Waals surface area (Å²) < 4.78 is 0.798. The molecule has 0 saturated heterocycles. The molecule has 0 aromatic rings. The Balaban J connectivity index is 3.94. The number of Topliss-reactive ketones (excluding diaryl/α,β-unsaturated/α-hetero) is 1.